The second kappa shape index (κ2) is 12.6. The van der Waals surface area contributed by atoms with Gasteiger partial charge in [-0.25, -0.2) is 13.5 Å². The maximum atomic E-state index is 14.6. The molecule has 4 rings (SSSR count). The lowest BCUT2D eigenvalue weighted by molar-refractivity contribution is -0.115. The SMILES string of the molecule is O=C(Cc1ccccc1)Nc1ccn(CCC(F)Cn2cc(C(=O)NCc3ncccc3F)nn2)c(=O)c1F. The van der Waals surface area contributed by atoms with Crippen molar-refractivity contribution in [3.8, 4) is 0 Å². The average Bonchev–Trinajstić information content (AvgIpc) is 3.39. The minimum absolute atomic E-state index is 0.0152. The minimum atomic E-state index is -1.49. The summed E-state index contributed by atoms with van der Waals surface area (Å²) >= 11 is 0. The Morgan fingerprint density at radius 3 is 2.62 bits per heavy atom. The highest BCUT2D eigenvalue weighted by atomic mass is 19.1. The number of anilines is 1. The number of alkyl halides is 1. The molecule has 1 unspecified atom stereocenters. The van der Waals surface area contributed by atoms with E-state index in [2.05, 4.69) is 25.9 Å². The molecule has 0 aliphatic heterocycles. The van der Waals surface area contributed by atoms with Crippen LogP contribution in [0.15, 0.2) is 71.9 Å². The third kappa shape index (κ3) is 7.37. The highest BCUT2D eigenvalue weighted by Gasteiger charge is 2.17. The van der Waals surface area contributed by atoms with Crippen LogP contribution >= 0.6 is 0 Å². The van der Waals surface area contributed by atoms with E-state index in [0.717, 1.165) is 14.8 Å². The van der Waals surface area contributed by atoms with E-state index in [1.807, 2.05) is 0 Å². The molecule has 3 heterocycles. The molecule has 202 valence electrons. The molecule has 0 spiro atoms. The quantitative estimate of drug-likeness (QED) is 0.302. The fourth-order valence-electron chi connectivity index (χ4n) is 3.66. The number of pyridine rings is 2. The number of hydrogen-bond acceptors (Lipinski definition) is 6. The van der Waals surface area contributed by atoms with E-state index >= 15 is 0 Å². The van der Waals surface area contributed by atoms with Crippen LogP contribution in [0.3, 0.4) is 0 Å². The van der Waals surface area contributed by atoms with Crippen molar-refractivity contribution in [2.24, 2.45) is 0 Å². The van der Waals surface area contributed by atoms with Gasteiger partial charge in [-0.05, 0) is 30.2 Å². The van der Waals surface area contributed by atoms with Crippen molar-refractivity contribution in [1.29, 1.82) is 0 Å². The first-order valence-corrected chi connectivity index (χ1v) is 11.9. The van der Waals surface area contributed by atoms with Gasteiger partial charge in [0.15, 0.2) is 5.69 Å². The van der Waals surface area contributed by atoms with Gasteiger partial charge in [0.25, 0.3) is 11.5 Å². The number of hydrogen-bond donors (Lipinski definition) is 2. The number of amides is 2. The topological polar surface area (TPSA) is 124 Å². The normalized spacial score (nSPS) is 11.7. The van der Waals surface area contributed by atoms with Crippen molar-refractivity contribution in [2.45, 2.75) is 38.6 Å². The zero-order valence-electron chi connectivity index (χ0n) is 20.6. The summed E-state index contributed by atoms with van der Waals surface area (Å²) < 4.78 is 44.9. The van der Waals surface area contributed by atoms with E-state index in [9.17, 15) is 27.6 Å². The van der Waals surface area contributed by atoms with Crippen molar-refractivity contribution >= 4 is 17.5 Å². The second-order valence-electron chi connectivity index (χ2n) is 8.58. The summed E-state index contributed by atoms with van der Waals surface area (Å²) in [6.07, 6.45) is 2.27. The number of nitrogens with zero attached hydrogens (tertiary/aromatic N) is 5. The molecule has 2 N–H and O–H groups in total. The fourth-order valence-corrected chi connectivity index (χ4v) is 3.66. The molecule has 1 aromatic carbocycles. The van der Waals surface area contributed by atoms with Gasteiger partial charge in [-0.3, -0.25) is 19.4 Å². The second-order valence-corrected chi connectivity index (χ2v) is 8.58. The van der Waals surface area contributed by atoms with Crippen LogP contribution in [0.2, 0.25) is 0 Å². The average molecular weight is 540 g/mol. The molecular weight excluding hydrogens is 515 g/mol. The van der Waals surface area contributed by atoms with Gasteiger partial charge in [-0.15, -0.1) is 5.10 Å². The van der Waals surface area contributed by atoms with Crippen LogP contribution in [0.4, 0.5) is 18.9 Å². The molecular formula is C26H24F3N7O3. The highest BCUT2D eigenvalue weighted by Crippen LogP contribution is 2.12. The van der Waals surface area contributed by atoms with E-state index in [-0.39, 0.29) is 49.6 Å². The van der Waals surface area contributed by atoms with E-state index < -0.39 is 35.2 Å². The molecule has 4 aromatic rings. The first-order valence-electron chi connectivity index (χ1n) is 11.9. The van der Waals surface area contributed by atoms with Crippen molar-refractivity contribution in [3.63, 3.8) is 0 Å². The molecule has 3 aromatic heterocycles. The zero-order chi connectivity index (χ0) is 27.8. The summed E-state index contributed by atoms with van der Waals surface area (Å²) in [5.41, 5.74) is -0.562. The van der Waals surface area contributed by atoms with E-state index in [1.165, 1.54) is 36.8 Å². The van der Waals surface area contributed by atoms with Crippen LogP contribution < -0.4 is 16.2 Å². The molecule has 0 bridgehead atoms. The van der Waals surface area contributed by atoms with Gasteiger partial charge >= 0.3 is 0 Å². The third-order valence-electron chi connectivity index (χ3n) is 5.68. The number of halogens is 3. The number of aromatic nitrogens is 5. The molecule has 0 radical (unpaired) electrons. The van der Waals surface area contributed by atoms with Crippen LogP contribution in [-0.4, -0.2) is 42.5 Å². The van der Waals surface area contributed by atoms with Crippen LogP contribution in [-0.2, 0) is 30.8 Å². The first-order chi connectivity index (χ1) is 18.8. The molecule has 1 atom stereocenters. The molecule has 10 nitrogen and oxygen atoms in total. The largest absolute Gasteiger partial charge is 0.345 e. The summed E-state index contributed by atoms with van der Waals surface area (Å²) in [4.78, 5) is 40.6. The van der Waals surface area contributed by atoms with Gasteiger partial charge < -0.3 is 15.2 Å². The number of rotatable bonds is 11. The summed E-state index contributed by atoms with van der Waals surface area (Å²) in [7, 11) is 0. The van der Waals surface area contributed by atoms with Crippen LogP contribution in [0.25, 0.3) is 0 Å². The standard InChI is InChI=1S/C26H24F3N7O3/c27-18(15-36-16-22(33-34-36)25(38)31-14-21-19(28)7-4-10-30-21)8-11-35-12-9-20(24(29)26(35)39)32-23(37)13-17-5-2-1-3-6-17/h1-7,9-10,12,16,18H,8,11,13-15H2,(H,31,38)(H,32,37). The lowest BCUT2D eigenvalue weighted by Crippen LogP contribution is -2.27. The Labute approximate surface area is 220 Å². The Kier molecular flexibility index (Phi) is 8.82. The number of carbonyl (C=O) groups is 2. The zero-order valence-corrected chi connectivity index (χ0v) is 20.6. The number of aryl methyl sites for hydroxylation is 1. The summed E-state index contributed by atoms with van der Waals surface area (Å²) in [6.45, 7) is -0.558. The van der Waals surface area contributed by atoms with Gasteiger partial charge in [-0.1, -0.05) is 35.5 Å². The summed E-state index contributed by atoms with van der Waals surface area (Å²) in [5, 5.41) is 12.2. The minimum Gasteiger partial charge on any atom is -0.345 e. The smallest absolute Gasteiger partial charge is 0.288 e. The molecule has 0 saturated carbocycles. The Balaban J connectivity index is 1.27. The number of nitrogens with one attached hydrogen (secondary N) is 2. The van der Waals surface area contributed by atoms with Crippen molar-refractivity contribution in [1.82, 2.24) is 29.9 Å². The van der Waals surface area contributed by atoms with E-state index in [0.29, 0.717) is 0 Å². The molecule has 0 aliphatic carbocycles. The molecule has 13 heteroatoms. The lowest BCUT2D eigenvalue weighted by Gasteiger charge is -2.12. The number of carbonyl (C=O) groups excluding carboxylic acids is 2. The third-order valence-corrected chi connectivity index (χ3v) is 5.68. The van der Waals surface area contributed by atoms with Crippen LogP contribution in [0, 0.1) is 11.6 Å². The maximum absolute atomic E-state index is 14.6. The highest BCUT2D eigenvalue weighted by molar-refractivity contribution is 5.92. The Morgan fingerprint density at radius 2 is 1.85 bits per heavy atom. The monoisotopic (exact) mass is 539 g/mol. The lowest BCUT2D eigenvalue weighted by atomic mass is 10.1. The number of benzene rings is 1. The van der Waals surface area contributed by atoms with Crippen molar-refractivity contribution < 1.29 is 22.8 Å². The molecule has 0 saturated heterocycles. The Hall–Kier alpha value is -4.81. The van der Waals surface area contributed by atoms with Gasteiger partial charge in [0.2, 0.25) is 11.7 Å². The molecule has 2 amide bonds. The van der Waals surface area contributed by atoms with E-state index in [1.54, 1.807) is 30.3 Å². The van der Waals surface area contributed by atoms with E-state index in [4.69, 9.17) is 0 Å². The summed E-state index contributed by atoms with van der Waals surface area (Å²) in [5.74, 6) is -2.83. The predicted molar refractivity (Wildman–Crippen MR) is 134 cm³/mol. The van der Waals surface area contributed by atoms with Crippen molar-refractivity contribution in [2.75, 3.05) is 5.32 Å². The fraction of sp³-hybridized carbons (Fsp3) is 0.231. The molecule has 0 fully saturated rings. The van der Waals surface area contributed by atoms with Crippen LogP contribution in [0.5, 0.6) is 0 Å². The predicted octanol–water partition coefficient (Wildman–Crippen LogP) is 2.65. The summed E-state index contributed by atoms with van der Waals surface area (Å²) in [6, 6.07) is 12.7. The Morgan fingerprint density at radius 1 is 1.05 bits per heavy atom. The Bertz CT molecular complexity index is 1510. The van der Waals surface area contributed by atoms with Crippen LogP contribution in [0.1, 0.15) is 28.2 Å². The first kappa shape index (κ1) is 27.2. The van der Waals surface area contributed by atoms with Gasteiger partial charge in [0.1, 0.15) is 12.0 Å². The molecule has 39 heavy (non-hydrogen) atoms. The van der Waals surface area contributed by atoms with Gasteiger partial charge in [0.05, 0.1) is 37.1 Å². The molecule has 0 aliphatic rings. The van der Waals surface area contributed by atoms with Gasteiger partial charge in [-0.2, -0.15) is 4.39 Å². The van der Waals surface area contributed by atoms with Gasteiger partial charge in [0, 0.05) is 18.9 Å². The van der Waals surface area contributed by atoms with Crippen molar-refractivity contribution in [3.05, 3.63) is 106 Å². The maximum Gasteiger partial charge on any atom is 0.288 e.